The van der Waals surface area contributed by atoms with E-state index in [9.17, 15) is 8.42 Å². The average Bonchev–Trinajstić information content (AvgIpc) is 2.87. The molecule has 2 aromatic rings. The van der Waals surface area contributed by atoms with E-state index in [-0.39, 0.29) is 10.9 Å². The van der Waals surface area contributed by atoms with Crippen molar-refractivity contribution in [3.63, 3.8) is 0 Å². The molecular weight excluding hydrogens is 272 g/mol. The molecule has 0 saturated heterocycles. The van der Waals surface area contributed by atoms with Crippen molar-refractivity contribution >= 4 is 21.4 Å². The van der Waals surface area contributed by atoms with Crippen molar-refractivity contribution in [2.45, 2.75) is 31.7 Å². The van der Waals surface area contributed by atoms with Crippen molar-refractivity contribution < 1.29 is 12.9 Å². The highest BCUT2D eigenvalue weighted by atomic mass is 32.2. The van der Waals surface area contributed by atoms with Crippen molar-refractivity contribution in [3.8, 4) is 0 Å². The number of nitrogens with zero attached hydrogens (tertiary/aromatic N) is 1. The van der Waals surface area contributed by atoms with Gasteiger partial charge in [-0.15, -0.1) is 11.3 Å². The van der Waals surface area contributed by atoms with Crippen LogP contribution in [0.3, 0.4) is 0 Å². The molecule has 0 aromatic carbocycles. The first-order chi connectivity index (χ1) is 8.42. The number of aryl methyl sites for hydroxylation is 2. The van der Waals surface area contributed by atoms with Gasteiger partial charge in [0.2, 0.25) is 10.0 Å². The Morgan fingerprint density at radius 3 is 2.67 bits per heavy atom. The van der Waals surface area contributed by atoms with Gasteiger partial charge in [-0.25, -0.2) is 13.1 Å². The SMILES string of the molecule is Cc1noc(C)c1S(=O)(=O)N[C@@H](C)c1cccs1. The van der Waals surface area contributed by atoms with E-state index in [4.69, 9.17) is 4.52 Å². The lowest BCUT2D eigenvalue weighted by Gasteiger charge is -2.12. The van der Waals surface area contributed by atoms with Crippen molar-refractivity contribution in [1.29, 1.82) is 0 Å². The normalized spacial score (nSPS) is 13.7. The van der Waals surface area contributed by atoms with E-state index >= 15 is 0 Å². The maximum atomic E-state index is 12.2. The summed E-state index contributed by atoms with van der Waals surface area (Å²) in [5.74, 6) is 0.304. The van der Waals surface area contributed by atoms with E-state index < -0.39 is 10.0 Å². The van der Waals surface area contributed by atoms with Crippen molar-refractivity contribution in [2.75, 3.05) is 0 Å². The van der Waals surface area contributed by atoms with E-state index in [0.717, 1.165) is 4.88 Å². The summed E-state index contributed by atoms with van der Waals surface area (Å²) in [5.41, 5.74) is 0.373. The molecule has 2 rings (SSSR count). The zero-order chi connectivity index (χ0) is 13.3. The number of nitrogens with one attached hydrogen (secondary N) is 1. The summed E-state index contributed by atoms with van der Waals surface area (Å²) in [6.45, 7) is 5.01. The van der Waals surface area contributed by atoms with Gasteiger partial charge in [0.1, 0.15) is 10.6 Å². The Balaban J connectivity index is 2.28. The van der Waals surface area contributed by atoms with Crippen LogP contribution in [0.15, 0.2) is 26.9 Å². The number of hydrogen-bond acceptors (Lipinski definition) is 5. The fourth-order valence-corrected chi connectivity index (χ4v) is 4.11. The lowest BCUT2D eigenvalue weighted by Crippen LogP contribution is -2.27. The maximum absolute atomic E-state index is 12.2. The molecule has 0 radical (unpaired) electrons. The quantitative estimate of drug-likeness (QED) is 0.936. The van der Waals surface area contributed by atoms with Gasteiger partial charge in [-0.2, -0.15) is 0 Å². The van der Waals surface area contributed by atoms with Gasteiger partial charge in [-0.05, 0) is 32.2 Å². The highest BCUT2D eigenvalue weighted by Crippen LogP contribution is 2.23. The third kappa shape index (κ3) is 2.47. The molecule has 0 aliphatic heterocycles. The number of thiophene rings is 1. The second kappa shape index (κ2) is 4.83. The molecule has 5 nitrogen and oxygen atoms in total. The standard InChI is InChI=1S/C11H14N2O3S2/c1-7(10-5-4-6-17-10)13-18(14,15)11-8(2)12-16-9(11)3/h4-7,13H,1-3H3/t7-/m0/s1. The molecule has 0 saturated carbocycles. The van der Waals surface area contributed by atoms with Crippen LogP contribution in [0.1, 0.15) is 29.3 Å². The van der Waals surface area contributed by atoms with Crippen LogP contribution in [0.4, 0.5) is 0 Å². The summed E-state index contributed by atoms with van der Waals surface area (Å²) < 4.78 is 32.0. The molecule has 0 amide bonds. The fourth-order valence-electron chi connectivity index (χ4n) is 1.75. The Labute approximate surface area is 110 Å². The minimum absolute atomic E-state index is 0.130. The Hall–Kier alpha value is -1.18. The van der Waals surface area contributed by atoms with Crippen molar-refractivity contribution in [2.24, 2.45) is 0 Å². The van der Waals surface area contributed by atoms with E-state index in [0.29, 0.717) is 11.5 Å². The first kappa shape index (κ1) is 13.3. The van der Waals surface area contributed by atoms with Crippen LogP contribution in [-0.4, -0.2) is 13.6 Å². The Morgan fingerprint density at radius 1 is 1.44 bits per heavy atom. The predicted molar refractivity (Wildman–Crippen MR) is 69.0 cm³/mol. The van der Waals surface area contributed by atoms with Crippen LogP contribution in [0, 0.1) is 13.8 Å². The summed E-state index contributed by atoms with van der Waals surface area (Å²) in [5, 5.41) is 5.57. The van der Waals surface area contributed by atoms with Gasteiger partial charge in [0.05, 0.1) is 6.04 Å². The summed E-state index contributed by atoms with van der Waals surface area (Å²) >= 11 is 1.51. The van der Waals surface area contributed by atoms with Crippen molar-refractivity contribution in [1.82, 2.24) is 9.88 Å². The zero-order valence-corrected chi connectivity index (χ0v) is 11.9. The summed E-state index contributed by atoms with van der Waals surface area (Å²) in [4.78, 5) is 1.09. The molecule has 0 bridgehead atoms. The summed E-state index contributed by atoms with van der Waals surface area (Å²) in [6.07, 6.45) is 0. The lowest BCUT2D eigenvalue weighted by molar-refractivity contribution is 0.390. The molecule has 0 unspecified atom stereocenters. The van der Waals surface area contributed by atoms with Gasteiger partial charge >= 0.3 is 0 Å². The summed E-state index contributed by atoms with van der Waals surface area (Å²) in [6, 6.07) is 3.51. The van der Waals surface area contributed by atoms with Gasteiger partial charge in [-0.3, -0.25) is 0 Å². The van der Waals surface area contributed by atoms with E-state index in [1.165, 1.54) is 11.3 Å². The average molecular weight is 286 g/mol. The van der Waals surface area contributed by atoms with E-state index in [1.807, 2.05) is 24.4 Å². The second-order valence-corrected chi connectivity index (χ2v) is 6.64. The van der Waals surface area contributed by atoms with Crippen molar-refractivity contribution in [3.05, 3.63) is 33.8 Å². The van der Waals surface area contributed by atoms with Crippen LogP contribution < -0.4 is 4.72 Å². The molecule has 1 N–H and O–H groups in total. The van der Waals surface area contributed by atoms with E-state index in [2.05, 4.69) is 9.88 Å². The van der Waals surface area contributed by atoms with Crippen LogP contribution in [0.25, 0.3) is 0 Å². The minimum Gasteiger partial charge on any atom is -0.360 e. The molecular formula is C11H14N2O3S2. The fraction of sp³-hybridized carbons (Fsp3) is 0.364. The molecule has 0 aliphatic carbocycles. The largest absolute Gasteiger partial charge is 0.360 e. The van der Waals surface area contributed by atoms with Gasteiger partial charge in [0.15, 0.2) is 5.76 Å². The van der Waals surface area contributed by atoms with Gasteiger partial charge in [-0.1, -0.05) is 11.2 Å². The molecule has 2 heterocycles. The Bertz CT molecular complexity index is 610. The second-order valence-electron chi connectivity index (χ2n) is 4.01. The maximum Gasteiger partial charge on any atom is 0.246 e. The smallest absolute Gasteiger partial charge is 0.246 e. The van der Waals surface area contributed by atoms with Gasteiger partial charge < -0.3 is 4.52 Å². The molecule has 2 aromatic heterocycles. The molecule has 0 fully saturated rings. The number of aromatic nitrogens is 1. The predicted octanol–water partition coefficient (Wildman–Crippen LogP) is 2.39. The molecule has 7 heteroatoms. The zero-order valence-electron chi connectivity index (χ0n) is 10.3. The van der Waals surface area contributed by atoms with Crippen LogP contribution in [0.2, 0.25) is 0 Å². The molecule has 0 aliphatic rings. The van der Waals surface area contributed by atoms with Gasteiger partial charge in [0.25, 0.3) is 0 Å². The molecule has 98 valence electrons. The molecule has 1 atom stereocenters. The minimum atomic E-state index is -3.60. The Morgan fingerprint density at radius 2 is 2.17 bits per heavy atom. The van der Waals surface area contributed by atoms with E-state index in [1.54, 1.807) is 13.8 Å². The topological polar surface area (TPSA) is 72.2 Å². The Kier molecular flexibility index (Phi) is 3.56. The third-order valence-electron chi connectivity index (χ3n) is 2.54. The third-order valence-corrected chi connectivity index (χ3v) is 5.38. The van der Waals surface area contributed by atoms with Crippen LogP contribution in [-0.2, 0) is 10.0 Å². The molecule has 18 heavy (non-hydrogen) atoms. The number of hydrogen-bond donors (Lipinski definition) is 1. The summed E-state index contributed by atoms with van der Waals surface area (Å²) in [7, 11) is -3.60. The monoisotopic (exact) mass is 286 g/mol. The van der Waals surface area contributed by atoms with Crippen LogP contribution in [0.5, 0.6) is 0 Å². The van der Waals surface area contributed by atoms with Gasteiger partial charge in [0, 0.05) is 4.88 Å². The number of rotatable bonds is 4. The lowest BCUT2D eigenvalue weighted by atomic mass is 10.3. The first-order valence-corrected chi connectivity index (χ1v) is 7.76. The van der Waals surface area contributed by atoms with Crippen LogP contribution >= 0.6 is 11.3 Å². The highest BCUT2D eigenvalue weighted by Gasteiger charge is 2.26. The molecule has 0 spiro atoms. The highest BCUT2D eigenvalue weighted by molar-refractivity contribution is 7.89. The first-order valence-electron chi connectivity index (χ1n) is 5.40. The number of sulfonamides is 1.